The third-order valence-electron chi connectivity index (χ3n) is 5.40. The predicted octanol–water partition coefficient (Wildman–Crippen LogP) is 1.93. The van der Waals surface area contributed by atoms with E-state index in [1.807, 2.05) is 17.0 Å². The molecule has 4 heterocycles. The lowest BCUT2D eigenvalue weighted by Crippen LogP contribution is -2.33. The summed E-state index contributed by atoms with van der Waals surface area (Å²) in [5.74, 6) is 0.199. The van der Waals surface area contributed by atoms with Crippen LogP contribution >= 0.6 is 0 Å². The van der Waals surface area contributed by atoms with Crippen molar-refractivity contribution in [1.82, 2.24) is 20.3 Å². The molecule has 31 heavy (non-hydrogen) atoms. The van der Waals surface area contributed by atoms with Gasteiger partial charge in [-0.2, -0.15) is 5.26 Å². The molecular weight excluding hydrogens is 396 g/mol. The van der Waals surface area contributed by atoms with Gasteiger partial charge in [0.25, 0.3) is 0 Å². The molecule has 2 aromatic heterocycles. The van der Waals surface area contributed by atoms with E-state index >= 15 is 0 Å². The molecule has 2 aliphatic heterocycles. The van der Waals surface area contributed by atoms with Crippen LogP contribution in [0.25, 0.3) is 0 Å². The van der Waals surface area contributed by atoms with E-state index < -0.39 is 11.9 Å². The Morgan fingerprint density at radius 1 is 1.29 bits per heavy atom. The van der Waals surface area contributed by atoms with E-state index in [1.54, 1.807) is 18.5 Å². The highest BCUT2D eigenvalue weighted by atomic mass is 16.4. The summed E-state index contributed by atoms with van der Waals surface area (Å²) in [5, 5.41) is 28.2. The smallest absolute Gasteiger partial charge is 0.312 e. The van der Waals surface area contributed by atoms with Crippen molar-refractivity contribution in [1.29, 1.82) is 5.26 Å². The molecule has 10 nitrogen and oxygen atoms in total. The fourth-order valence-electron chi connectivity index (χ4n) is 3.70. The molecule has 1 saturated heterocycles. The standard InChI is InChI=1S/C21H24N8O2/c22-7-16-10-26-20(12-24-16)28-19-6-17(25-9-14-2-1-4-23-8-14)18(11-27-19)29-5-3-15(13-29)21(30)31/h3,5-6,10-12,14-15,23H,1-2,4,8-9,13H2,(H,30,31)(H2,25,26,27,28). The van der Waals surface area contributed by atoms with E-state index in [1.165, 1.54) is 12.4 Å². The van der Waals surface area contributed by atoms with E-state index in [0.717, 1.165) is 43.9 Å². The second-order valence-electron chi connectivity index (χ2n) is 7.64. The highest BCUT2D eigenvalue weighted by molar-refractivity contribution is 5.79. The Bertz CT molecular complexity index is 995. The first-order chi connectivity index (χ1) is 15.1. The lowest BCUT2D eigenvalue weighted by atomic mass is 10.00. The fraction of sp³-hybridized carbons (Fsp3) is 0.381. The summed E-state index contributed by atoms with van der Waals surface area (Å²) >= 11 is 0. The Balaban J connectivity index is 1.54. The predicted molar refractivity (Wildman–Crippen MR) is 116 cm³/mol. The minimum atomic E-state index is -0.841. The Morgan fingerprint density at radius 2 is 2.16 bits per heavy atom. The van der Waals surface area contributed by atoms with Crippen LogP contribution in [0.3, 0.4) is 0 Å². The average Bonchev–Trinajstić information content (AvgIpc) is 3.29. The summed E-state index contributed by atoms with van der Waals surface area (Å²) in [6.07, 6.45) is 10.4. The number of nitrogens with one attached hydrogen (secondary N) is 3. The number of hydrogen-bond donors (Lipinski definition) is 4. The zero-order valence-corrected chi connectivity index (χ0v) is 17.0. The van der Waals surface area contributed by atoms with Crippen LogP contribution < -0.4 is 20.9 Å². The molecule has 2 aliphatic rings. The minimum Gasteiger partial charge on any atom is -0.481 e. The zero-order valence-electron chi connectivity index (χ0n) is 17.0. The molecule has 2 aromatic rings. The van der Waals surface area contributed by atoms with Gasteiger partial charge in [-0.25, -0.2) is 15.0 Å². The van der Waals surface area contributed by atoms with Gasteiger partial charge in [-0.3, -0.25) is 4.79 Å². The summed E-state index contributed by atoms with van der Waals surface area (Å²) in [6, 6.07) is 3.82. The number of aromatic nitrogens is 3. The van der Waals surface area contributed by atoms with E-state index in [4.69, 9.17) is 5.26 Å². The zero-order chi connectivity index (χ0) is 21.6. The molecule has 0 spiro atoms. The molecule has 0 aliphatic carbocycles. The van der Waals surface area contributed by atoms with Crippen LogP contribution in [-0.4, -0.2) is 52.2 Å². The van der Waals surface area contributed by atoms with Gasteiger partial charge in [0, 0.05) is 25.4 Å². The number of piperidine rings is 1. The largest absolute Gasteiger partial charge is 0.481 e. The molecule has 2 atom stereocenters. The maximum Gasteiger partial charge on any atom is 0.312 e. The van der Waals surface area contributed by atoms with Crippen LogP contribution in [0.15, 0.2) is 36.9 Å². The van der Waals surface area contributed by atoms with Crippen LogP contribution in [0.5, 0.6) is 0 Å². The quantitative estimate of drug-likeness (QED) is 0.525. The van der Waals surface area contributed by atoms with Gasteiger partial charge in [0.1, 0.15) is 17.7 Å². The van der Waals surface area contributed by atoms with Crippen LogP contribution in [0.4, 0.5) is 23.0 Å². The molecule has 4 rings (SSSR count). The summed E-state index contributed by atoms with van der Waals surface area (Å²) in [6.45, 7) is 3.21. The molecule has 0 radical (unpaired) electrons. The minimum absolute atomic E-state index is 0.242. The van der Waals surface area contributed by atoms with Crippen molar-refractivity contribution in [3.05, 3.63) is 42.6 Å². The van der Waals surface area contributed by atoms with Gasteiger partial charge in [-0.15, -0.1) is 0 Å². The summed E-state index contributed by atoms with van der Waals surface area (Å²) in [7, 11) is 0. The van der Waals surface area contributed by atoms with Crippen molar-refractivity contribution in [3.8, 4) is 6.07 Å². The van der Waals surface area contributed by atoms with Crippen molar-refractivity contribution in [2.45, 2.75) is 12.8 Å². The first-order valence-electron chi connectivity index (χ1n) is 10.2. The van der Waals surface area contributed by atoms with Crippen LogP contribution in [0, 0.1) is 23.2 Å². The number of rotatable bonds is 7. The molecule has 0 aromatic carbocycles. The van der Waals surface area contributed by atoms with Gasteiger partial charge in [-0.1, -0.05) is 6.08 Å². The fourth-order valence-corrected chi connectivity index (χ4v) is 3.70. The Morgan fingerprint density at radius 3 is 2.84 bits per heavy atom. The normalized spacial score (nSPS) is 20.3. The maximum atomic E-state index is 11.3. The molecule has 2 unspecified atom stereocenters. The lowest BCUT2D eigenvalue weighted by molar-refractivity contribution is -0.139. The third kappa shape index (κ3) is 5.07. The molecule has 0 amide bonds. The maximum absolute atomic E-state index is 11.3. The lowest BCUT2D eigenvalue weighted by Gasteiger charge is -2.26. The summed E-state index contributed by atoms with van der Waals surface area (Å²) in [4.78, 5) is 25.9. The Kier molecular flexibility index (Phi) is 6.24. The number of nitriles is 1. The van der Waals surface area contributed by atoms with Gasteiger partial charge in [0.2, 0.25) is 0 Å². The number of hydrogen-bond acceptors (Lipinski definition) is 9. The summed E-state index contributed by atoms with van der Waals surface area (Å²) < 4.78 is 0. The van der Waals surface area contributed by atoms with Crippen LogP contribution in [0.2, 0.25) is 0 Å². The van der Waals surface area contributed by atoms with Crippen molar-refractivity contribution >= 4 is 29.0 Å². The summed E-state index contributed by atoms with van der Waals surface area (Å²) in [5.41, 5.74) is 1.92. The second-order valence-corrected chi connectivity index (χ2v) is 7.64. The van der Waals surface area contributed by atoms with E-state index in [-0.39, 0.29) is 5.69 Å². The second kappa shape index (κ2) is 9.40. The van der Waals surface area contributed by atoms with Gasteiger partial charge in [0.15, 0.2) is 5.69 Å². The number of carbonyl (C=O) groups is 1. The molecule has 0 saturated carbocycles. The topological polar surface area (TPSA) is 139 Å². The number of carboxylic acids is 1. The van der Waals surface area contributed by atoms with Crippen LogP contribution in [-0.2, 0) is 4.79 Å². The van der Waals surface area contributed by atoms with Crippen molar-refractivity contribution in [3.63, 3.8) is 0 Å². The monoisotopic (exact) mass is 420 g/mol. The molecule has 1 fully saturated rings. The highest BCUT2D eigenvalue weighted by Gasteiger charge is 2.25. The van der Waals surface area contributed by atoms with Gasteiger partial charge in [0.05, 0.1) is 35.9 Å². The van der Waals surface area contributed by atoms with E-state index in [9.17, 15) is 9.90 Å². The van der Waals surface area contributed by atoms with E-state index in [2.05, 4.69) is 30.9 Å². The van der Waals surface area contributed by atoms with Crippen molar-refractivity contribution in [2.75, 3.05) is 41.7 Å². The first kappa shape index (κ1) is 20.6. The first-order valence-corrected chi connectivity index (χ1v) is 10.2. The van der Waals surface area contributed by atoms with Crippen molar-refractivity contribution < 1.29 is 9.90 Å². The third-order valence-corrected chi connectivity index (χ3v) is 5.40. The molecule has 0 bridgehead atoms. The number of aliphatic carboxylic acids is 1. The van der Waals surface area contributed by atoms with Crippen molar-refractivity contribution in [2.24, 2.45) is 11.8 Å². The molecule has 10 heteroatoms. The average molecular weight is 420 g/mol. The number of pyridine rings is 1. The molecular formula is C21H24N8O2. The van der Waals surface area contributed by atoms with Gasteiger partial charge >= 0.3 is 5.97 Å². The van der Waals surface area contributed by atoms with Gasteiger partial charge < -0.3 is 26.0 Å². The van der Waals surface area contributed by atoms with E-state index in [0.29, 0.717) is 24.1 Å². The molecule has 4 N–H and O–H groups in total. The highest BCUT2D eigenvalue weighted by Crippen LogP contribution is 2.32. The Labute approximate surface area is 180 Å². The van der Waals surface area contributed by atoms with Crippen LogP contribution in [0.1, 0.15) is 18.5 Å². The SMILES string of the molecule is N#Cc1cnc(Nc2cc(NCC3CCCNC3)c(N3C=CC(C(=O)O)C3)cn2)cn1. The number of carboxylic acid groups (broad SMARTS) is 1. The Hall–Kier alpha value is -3.71. The molecule has 160 valence electrons. The number of nitrogens with zero attached hydrogens (tertiary/aromatic N) is 5. The van der Waals surface area contributed by atoms with Gasteiger partial charge in [-0.05, 0) is 31.8 Å². The number of anilines is 4.